The first-order valence-corrected chi connectivity index (χ1v) is 8.68. The molecule has 0 aliphatic rings. The number of phenolic OH excluding ortho intramolecular Hbond substituents is 1. The van der Waals surface area contributed by atoms with Gasteiger partial charge in [0, 0.05) is 18.7 Å². The highest BCUT2D eigenvalue weighted by Crippen LogP contribution is 2.32. The number of halogens is 3. The molecule has 154 valence electrons. The minimum atomic E-state index is -4.84. The Morgan fingerprint density at radius 2 is 1.80 bits per heavy atom. The topological polar surface area (TPSA) is 90.3 Å². The van der Waals surface area contributed by atoms with Crippen LogP contribution in [-0.4, -0.2) is 19.4 Å². The van der Waals surface area contributed by atoms with Gasteiger partial charge in [0.2, 0.25) is 0 Å². The van der Waals surface area contributed by atoms with E-state index in [4.69, 9.17) is 4.52 Å². The van der Waals surface area contributed by atoms with Gasteiger partial charge in [-0.2, -0.15) is 13.2 Å². The molecule has 0 unspecified atom stereocenters. The predicted molar refractivity (Wildman–Crippen MR) is 102 cm³/mol. The average Bonchev–Trinajstić information content (AvgIpc) is 3.09. The summed E-state index contributed by atoms with van der Waals surface area (Å²) in [6.45, 7) is 1.71. The van der Waals surface area contributed by atoms with Crippen LogP contribution in [0.2, 0.25) is 0 Å². The molecule has 2 aromatic heterocycles. The molecule has 2 aromatic carbocycles. The molecule has 0 aliphatic carbocycles. The van der Waals surface area contributed by atoms with Crippen molar-refractivity contribution in [2.75, 3.05) is 0 Å². The maximum atomic E-state index is 13.1. The molecule has 0 saturated carbocycles. The van der Waals surface area contributed by atoms with E-state index in [1.807, 2.05) is 0 Å². The molecule has 10 heteroatoms. The molecule has 0 atom stereocenters. The van der Waals surface area contributed by atoms with Crippen molar-refractivity contribution in [1.29, 1.82) is 0 Å². The summed E-state index contributed by atoms with van der Waals surface area (Å²) in [6, 6.07) is 9.47. The Hall–Kier alpha value is -3.82. The first-order valence-electron chi connectivity index (χ1n) is 8.68. The minimum Gasteiger partial charge on any atom is -0.508 e. The molecule has 0 radical (unpaired) electrons. The summed E-state index contributed by atoms with van der Waals surface area (Å²) in [7, 11) is 0.948. The van der Waals surface area contributed by atoms with Crippen LogP contribution in [0.1, 0.15) is 11.3 Å². The molecule has 2 heterocycles. The number of rotatable bonds is 2. The molecule has 0 saturated heterocycles. The van der Waals surface area contributed by atoms with E-state index in [-0.39, 0.29) is 11.4 Å². The van der Waals surface area contributed by atoms with E-state index in [9.17, 15) is 27.9 Å². The van der Waals surface area contributed by atoms with E-state index in [1.54, 1.807) is 19.1 Å². The van der Waals surface area contributed by atoms with Crippen molar-refractivity contribution in [2.24, 2.45) is 7.05 Å². The molecule has 4 aromatic rings. The first kappa shape index (κ1) is 19.5. The zero-order chi connectivity index (χ0) is 21.8. The summed E-state index contributed by atoms with van der Waals surface area (Å²) in [5.41, 5.74) is -1.53. The summed E-state index contributed by atoms with van der Waals surface area (Å²) in [4.78, 5) is 24.9. The van der Waals surface area contributed by atoms with Gasteiger partial charge >= 0.3 is 11.9 Å². The number of aromatic nitrogens is 3. The van der Waals surface area contributed by atoms with Gasteiger partial charge in [0.25, 0.3) is 5.56 Å². The van der Waals surface area contributed by atoms with Crippen molar-refractivity contribution < 1.29 is 22.8 Å². The molecule has 30 heavy (non-hydrogen) atoms. The van der Waals surface area contributed by atoms with Gasteiger partial charge in [-0.15, -0.1) is 0 Å². The largest absolute Gasteiger partial charge is 0.508 e. The number of hydrogen-bond donors (Lipinski definition) is 1. The van der Waals surface area contributed by atoms with Gasteiger partial charge in [-0.1, -0.05) is 5.16 Å². The molecular formula is C20H14F3N3O4. The standard InChI is InChI=1S/C20H14F3N3O4/c1-10-7-11(3-5-14(10)27)18-13-8-12(4-6-15(13)30-24-18)26-17(28)9-16(20(21,22)23)25(2)19(26)29/h3-9,27H,1-2H3. The summed E-state index contributed by atoms with van der Waals surface area (Å²) < 4.78 is 45.5. The van der Waals surface area contributed by atoms with Gasteiger partial charge in [-0.3, -0.25) is 9.36 Å². The molecule has 0 bridgehead atoms. The number of phenols is 1. The number of fused-ring (bicyclic) bond motifs is 1. The number of hydrogen-bond acceptors (Lipinski definition) is 5. The van der Waals surface area contributed by atoms with E-state index in [1.165, 1.54) is 24.3 Å². The van der Waals surface area contributed by atoms with Crippen molar-refractivity contribution in [3.05, 3.63) is 74.6 Å². The third-order valence-electron chi connectivity index (χ3n) is 4.79. The van der Waals surface area contributed by atoms with Crippen LogP contribution < -0.4 is 11.2 Å². The van der Waals surface area contributed by atoms with Crippen LogP contribution in [0.3, 0.4) is 0 Å². The fourth-order valence-electron chi connectivity index (χ4n) is 3.21. The van der Waals surface area contributed by atoms with Gasteiger partial charge in [-0.05, 0) is 48.9 Å². The minimum absolute atomic E-state index is 0.0711. The molecule has 0 amide bonds. The predicted octanol–water partition coefficient (Wildman–Crippen LogP) is 3.38. The average molecular weight is 417 g/mol. The summed E-state index contributed by atoms with van der Waals surface area (Å²) in [6.07, 6.45) is -4.84. The number of aromatic hydroxyl groups is 1. The quantitative estimate of drug-likeness (QED) is 0.540. The van der Waals surface area contributed by atoms with Gasteiger partial charge < -0.3 is 9.63 Å². The Morgan fingerprint density at radius 1 is 1.07 bits per heavy atom. The number of nitrogens with zero attached hydrogens (tertiary/aromatic N) is 3. The number of alkyl halides is 3. The Kier molecular flexibility index (Phi) is 4.30. The van der Waals surface area contributed by atoms with Gasteiger partial charge in [-0.25, -0.2) is 9.36 Å². The fraction of sp³-hybridized carbons (Fsp3) is 0.150. The zero-order valence-electron chi connectivity index (χ0n) is 15.7. The van der Waals surface area contributed by atoms with Crippen molar-refractivity contribution in [3.63, 3.8) is 0 Å². The van der Waals surface area contributed by atoms with Crippen LogP contribution in [-0.2, 0) is 13.2 Å². The maximum absolute atomic E-state index is 13.1. The van der Waals surface area contributed by atoms with E-state index < -0.39 is 23.1 Å². The lowest BCUT2D eigenvalue weighted by atomic mass is 10.0. The molecular weight excluding hydrogens is 403 g/mol. The molecule has 0 spiro atoms. The lowest BCUT2D eigenvalue weighted by Gasteiger charge is -2.13. The van der Waals surface area contributed by atoms with Gasteiger partial charge in [0.1, 0.15) is 17.1 Å². The number of benzene rings is 2. The van der Waals surface area contributed by atoms with Crippen LogP contribution in [0.25, 0.3) is 27.9 Å². The lowest BCUT2D eigenvalue weighted by molar-refractivity contribution is -0.144. The van der Waals surface area contributed by atoms with Crippen LogP contribution in [0.5, 0.6) is 5.75 Å². The monoisotopic (exact) mass is 417 g/mol. The van der Waals surface area contributed by atoms with Crippen LogP contribution >= 0.6 is 0 Å². The lowest BCUT2D eigenvalue weighted by Crippen LogP contribution is -2.40. The molecule has 4 rings (SSSR count). The molecule has 7 nitrogen and oxygen atoms in total. The first-order chi connectivity index (χ1) is 14.1. The smallest absolute Gasteiger partial charge is 0.431 e. The summed E-state index contributed by atoms with van der Waals surface area (Å²) in [5, 5.41) is 14.2. The Bertz CT molecular complexity index is 1410. The maximum Gasteiger partial charge on any atom is 0.431 e. The fourth-order valence-corrected chi connectivity index (χ4v) is 3.21. The normalized spacial score (nSPS) is 11.9. The van der Waals surface area contributed by atoms with Crippen molar-refractivity contribution in [3.8, 4) is 22.7 Å². The number of aryl methyl sites for hydroxylation is 1. The van der Waals surface area contributed by atoms with Crippen LogP contribution in [0.15, 0.2) is 56.6 Å². The van der Waals surface area contributed by atoms with Crippen molar-refractivity contribution in [2.45, 2.75) is 13.1 Å². The van der Waals surface area contributed by atoms with Gasteiger partial charge in [0.15, 0.2) is 5.58 Å². The van der Waals surface area contributed by atoms with E-state index in [2.05, 4.69) is 5.16 Å². The Labute approximate surface area is 166 Å². The zero-order valence-corrected chi connectivity index (χ0v) is 15.7. The van der Waals surface area contributed by atoms with Crippen molar-refractivity contribution >= 4 is 11.0 Å². The summed E-state index contributed by atoms with van der Waals surface area (Å²) in [5.74, 6) is 0.104. The SMILES string of the molecule is Cc1cc(-c2noc3ccc(-n4c(=O)cc(C(F)(F)F)n(C)c4=O)cc23)ccc1O. The van der Waals surface area contributed by atoms with Gasteiger partial charge in [0.05, 0.1) is 11.1 Å². The second-order valence-electron chi connectivity index (χ2n) is 6.76. The second-order valence-corrected chi connectivity index (χ2v) is 6.76. The van der Waals surface area contributed by atoms with Crippen LogP contribution in [0, 0.1) is 6.92 Å². The third kappa shape index (κ3) is 3.06. The van der Waals surface area contributed by atoms with E-state index >= 15 is 0 Å². The Balaban J connectivity index is 1.94. The van der Waals surface area contributed by atoms with Crippen LogP contribution in [0.4, 0.5) is 13.2 Å². The van der Waals surface area contributed by atoms with E-state index in [0.29, 0.717) is 43.0 Å². The second kappa shape index (κ2) is 6.61. The molecule has 1 N–H and O–H groups in total. The highest BCUT2D eigenvalue weighted by molar-refractivity contribution is 5.93. The molecule has 0 aliphatic heterocycles. The van der Waals surface area contributed by atoms with Crippen molar-refractivity contribution in [1.82, 2.24) is 14.3 Å². The highest BCUT2D eigenvalue weighted by atomic mass is 19.4. The highest BCUT2D eigenvalue weighted by Gasteiger charge is 2.35. The van der Waals surface area contributed by atoms with E-state index in [0.717, 1.165) is 7.05 Å². The summed E-state index contributed by atoms with van der Waals surface area (Å²) >= 11 is 0. The Morgan fingerprint density at radius 3 is 2.47 bits per heavy atom. The molecule has 0 fully saturated rings. The third-order valence-corrected chi connectivity index (χ3v) is 4.79.